The van der Waals surface area contributed by atoms with Gasteiger partial charge in [0, 0.05) is 5.69 Å². The van der Waals surface area contributed by atoms with Gasteiger partial charge in [0.25, 0.3) is 5.91 Å². The van der Waals surface area contributed by atoms with Crippen LogP contribution >= 0.6 is 11.6 Å². The molecule has 0 saturated carbocycles. The van der Waals surface area contributed by atoms with Crippen LogP contribution in [0.3, 0.4) is 0 Å². The molecule has 0 bridgehead atoms. The van der Waals surface area contributed by atoms with Crippen LogP contribution in [-0.2, 0) is 14.3 Å². The molecule has 0 aromatic heterocycles. The Hall–Kier alpha value is -2.73. The third kappa shape index (κ3) is 6.49. The van der Waals surface area contributed by atoms with Crippen LogP contribution in [0.4, 0.5) is 5.69 Å². The minimum atomic E-state index is -0.947. The van der Waals surface area contributed by atoms with Crippen molar-refractivity contribution in [3.8, 4) is 11.5 Å². The standard InChI is InChI=1S/C20H22ClNO5/c1-13-4-7-16(8-5-13)26-11-10-19(23)27-14(2)20(24)22-15-6-9-18(25-3)17(21)12-15/h4-9,12,14H,10-11H2,1-3H3,(H,22,24)/t14-/m1/s1. The van der Waals surface area contributed by atoms with E-state index in [1.54, 1.807) is 18.2 Å². The van der Waals surface area contributed by atoms with E-state index in [1.807, 2.05) is 31.2 Å². The molecule has 2 aromatic carbocycles. The average molecular weight is 392 g/mol. The van der Waals surface area contributed by atoms with Crippen molar-refractivity contribution < 1.29 is 23.8 Å². The first-order chi connectivity index (χ1) is 12.9. The van der Waals surface area contributed by atoms with Crippen molar-refractivity contribution in [1.29, 1.82) is 0 Å². The molecule has 0 spiro atoms. The van der Waals surface area contributed by atoms with E-state index >= 15 is 0 Å². The third-order valence-corrected chi connectivity index (χ3v) is 3.99. The summed E-state index contributed by atoms with van der Waals surface area (Å²) >= 11 is 6.02. The van der Waals surface area contributed by atoms with Crippen molar-refractivity contribution in [2.24, 2.45) is 0 Å². The first-order valence-electron chi connectivity index (χ1n) is 8.42. The van der Waals surface area contributed by atoms with E-state index in [4.69, 9.17) is 25.8 Å². The second kappa shape index (κ2) is 9.83. The fourth-order valence-corrected chi connectivity index (χ4v) is 2.44. The second-order valence-electron chi connectivity index (χ2n) is 5.88. The lowest BCUT2D eigenvalue weighted by Crippen LogP contribution is -2.30. The number of anilines is 1. The van der Waals surface area contributed by atoms with Crippen molar-refractivity contribution in [3.05, 3.63) is 53.1 Å². The van der Waals surface area contributed by atoms with Gasteiger partial charge >= 0.3 is 5.97 Å². The van der Waals surface area contributed by atoms with Gasteiger partial charge in [-0.15, -0.1) is 0 Å². The van der Waals surface area contributed by atoms with Gasteiger partial charge in [0.05, 0.1) is 25.2 Å². The smallest absolute Gasteiger partial charge is 0.310 e. The zero-order valence-electron chi connectivity index (χ0n) is 15.5. The SMILES string of the molecule is COc1ccc(NC(=O)[C@@H](C)OC(=O)CCOc2ccc(C)cc2)cc1Cl. The fourth-order valence-electron chi connectivity index (χ4n) is 2.18. The monoisotopic (exact) mass is 391 g/mol. The highest BCUT2D eigenvalue weighted by Gasteiger charge is 2.18. The maximum absolute atomic E-state index is 12.1. The minimum absolute atomic E-state index is 0.0415. The van der Waals surface area contributed by atoms with Crippen LogP contribution in [0.25, 0.3) is 0 Å². The summed E-state index contributed by atoms with van der Waals surface area (Å²) in [4.78, 5) is 24.0. The molecule has 6 nitrogen and oxygen atoms in total. The number of nitrogens with one attached hydrogen (secondary N) is 1. The summed E-state index contributed by atoms with van der Waals surface area (Å²) in [5, 5.41) is 3.01. The normalized spacial score (nSPS) is 11.4. The van der Waals surface area contributed by atoms with Crippen molar-refractivity contribution in [3.63, 3.8) is 0 Å². The lowest BCUT2D eigenvalue weighted by Gasteiger charge is -2.14. The summed E-state index contributed by atoms with van der Waals surface area (Å²) in [6.45, 7) is 3.65. The molecule has 1 amide bonds. The molecule has 2 aromatic rings. The van der Waals surface area contributed by atoms with Gasteiger partial charge in [0.1, 0.15) is 11.5 Å². The van der Waals surface area contributed by atoms with Crippen molar-refractivity contribution in [2.45, 2.75) is 26.4 Å². The Morgan fingerprint density at radius 1 is 1.15 bits per heavy atom. The highest BCUT2D eigenvalue weighted by atomic mass is 35.5. The molecule has 1 atom stereocenters. The van der Waals surface area contributed by atoms with Crippen molar-refractivity contribution >= 4 is 29.2 Å². The Morgan fingerprint density at radius 2 is 1.85 bits per heavy atom. The van der Waals surface area contributed by atoms with Gasteiger partial charge in [0.2, 0.25) is 0 Å². The first kappa shape index (κ1) is 20.6. The van der Waals surface area contributed by atoms with Gasteiger partial charge < -0.3 is 19.5 Å². The molecule has 144 valence electrons. The van der Waals surface area contributed by atoms with Crippen molar-refractivity contribution in [1.82, 2.24) is 0 Å². The Morgan fingerprint density at radius 3 is 2.48 bits per heavy atom. The van der Waals surface area contributed by atoms with Gasteiger partial charge in [-0.3, -0.25) is 9.59 Å². The Balaban J connectivity index is 1.76. The van der Waals surface area contributed by atoms with Gasteiger partial charge in [-0.2, -0.15) is 0 Å². The summed E-state index contributed by atoms with van der Waals surface area (Å²) in [6.07, 6.45) is -0.905. The molecular weight excluding hydrogens is 370 g/mol. The van der Waals surface area contributed by atoms with Crippen molar-refractivity contribution in [2.75, 3.05) is 19.0 Å². The van der Waals surface area contributed by atoms with E-state index in [-0.39, 0.29) is 13.0 Å². The van der Waals surface area contributed by atoms with E-state index in [9.17, 15) is 9.59 Å². The van der Waals surface area contributed by atoms with E-state index in [0.717, 1.165) is 5.56 Å². The number of carbonyl (C=O) groups is 2. The van der Waals surface area contributed by atoms with Crippen LogP contribution in [0.5, 0.6) is 11.5 Å². The lowest BCUT2D eigenvalue weighted by molar-refractivity contribution is -0.153. The molecule has 7 heteroatoms. The Bertz CT molecular complexity index is 791. The van der Waals surface area contributed by atoms with Gasteiger partial charge in [-0.25, -0.2) is 0 Å². The molecule has 0 heterocycles. The largest absolute Gasteiger partial charge is 0.495 e. The molecule has 0 aliphatic rings. The molecule has 0 saturated heterocycles. The number of esters is 1. The third-order valence-electron chi connectivity index (χ3n) is 3.69. The molecule has 0 aliphatic heterocycles. The molecule has 27 heavy (non-hydrogen) atoms. The molecule has 0 radical (unpaired) electrons. The van der Waals surface area contributed by atoms with Crippen LogP contribution in [-0.4, -0.2) is 31.7 Å². The summed E-state index contributed by atoms with van der Waals surface area (Å²) in [6, 6.07) is 12.3. The van der Waals surface area contributed by atoms with E-state index in [0.29, 0.717) is 22.2 Å². The second-order valence-corrected chi connectivity index (χ2v) is 6.29. The number of ether oxygens (including phenoxy) is 3. The van der Waals surface area contributed by atoms with Crippen LogP contribution in [0, 0.1) is 6.92 Å². The number of carbonyl (C=O) groups excluding carboxylic acids is 2. The highest BCUT2D eigenvalue weighted by molar-refractivity contribution is 6.32. The van der Waals surface area contributed by atoms with Crippen LogP contribution < -0.4 is 14.8 Å². The number of methoxy groups -OCH3 is 1. The van der Waals surface area contributed by atoms with E-state index in [1.165, 1.54) is 14.0 Å². The van der Waals surface area contributed by atoms with Gasteiger partial charge in [0.15, 0.2) is 6.10 Å². The summed E-state index contributed by atoms with van der Waals surface area (Å²) < 4.78 is 15.7. The molecule has 2 rings (SSSR count). The predicted molar refractivity (Wildman–Crippen MR) is 103 cm³/mol. The van der Waals surface area contributed by atoms with E-state index in [2.05, 4.69) is 5.32 Å². The molecular formula is C20H22ClNO5. The maximum Gasteiger partial charge on any atom is 0.310 e. The highest BCUT2D eigenvalue weighted by Crippen LogP contribution is 2.27. The molecule has 1 N–H and O–H groups in total. The maximum atomic E-state index is 12.1. The molecule has 0 unspecified atom stereocenters. The Labute approximate surface area is 163 Å². The quantitative estimate of drug-likeness (QED) is 0.688. The number of aryl methyl sites for hydroxylation is 1. The molecule has 0 fully saturated rings. The lowest BCUT2D eigenvalue weighted by atomic mass is 10.2. The fraction of sp³-hybridized carbons (Fsp3) is 0.300. The van der Waals surface area contributed by atoms with Gasteiger partial charge in [-0.05, 0) is 44.2 Å². The number of amides is 1. The van der Waals surface area contributed by atoms with Gasteiger partial charge in [-0.1, -0.05) is 29.3 Å². The van der Waals surface area contributed by atoms with Crippen LogP contribution in [0.2, 0.25) is 5.02 Å². The zero-order chi connectivity index (χ0) is 19.8. The zero-order valence-corrected chi connectivity index (χ0v) is 16.2. The number of rotatable bonds is 8. The van der Waals surface area contributed by atoms with Crippen LogP contribution in [0.1, 0.15) is 18.9 Å². The number of halogens is 1. The molecule has 0 aliphatic carbocycles. The van der Waals surface area contributed by atoms with E-state index < -0.39 is 18.0 Å². The predicted octanol–water partition coefficient (Wildman–Crippen LogP) is 4.00. The average Bonchev–Trinajstić information content (AvgIpc) is 2.63. The number of hydrogen-bond donors (Lipinski definition) is 1. The first-order valence-corrected chi connectivity index (χ1v) is 8.80. The topological polar surface area (TPSA) is 73.9 Å². The van der Waals surface area contributed by atoms with Crippen LogP contribution in [0.15, 0.2) is 42.5 Å². The summed E-state index contributed by atoms with van der Waals surface area (Å²) in [5.74, 6) is 0.208. The Kier molecular flexibility index (Phi) is 7.49. The number of hydrogen-bond acceptors (Lipinski definition) is 5. The number of benzene rings is 2. The summed E-state index contributed by atoms with van der Waals surface area (Å²) in [5.41, 5.74) is 1.61. The minimum Gasteiger partial charge on any atom is -0.495 e. The summed E-state index contributed by atoms with van der Waals surface area (Å²) in [7, 11) is 1.50.